The number of nitrogens with zero attached hydrogens (tertiary/aromatic N) is 2. The number of hydrogen-bond donors (Lipinski definition) is 1. The van der Waals surface area contributed by atoms with Gasteiger partial charge in [0.05, 0.1) is 0 Å². The fourth-order valence-corrected chi connectivity index (χ4v) is 4.32. The van der Waals surface area contributed by atoms with Gasteiger partial charge >= 0.3 is 0 Å². The standard InChI is InChI=1S/C21H19F2N3O4/c1-21(8-11-2-3-12(22)6-14(11)23)5-4-17(27)16-10-26(21)20(30)15-7-18(28)13(19(24)29)9-25(15)16/h2-3,6-7,9,16H,4-5,8,10H2,1H3,(H2,24,29). The van der Waals surface area contributed by atoms with Crippen molar-refractivity contribution in [1.82, 2.24) is 9.47 Å². The van der Waals surface area contributed by atoms with E-state index in [-0.39, 0.29) is 48.4 Å². The molecule has 3 heterocycles. The molecule has 1 aromatic carbocycles. The van der Waals surface area contributed by atoms with Crippen molar-refractivity contribution in [1.29, 1.82) is 0 Å². The number of aromatic nitrogens is 1. The second-order valence-corrected chi connectivity index (χ2v) is 8.02. The third kappa shape index (κ3) is 3.10. The summed E-state index contributed by atoms with van der Waals surface area (Å²) in [4.78, 5) is 51.3. The molecule has 1 aromatic heterocycles. The lowest BCUT2D eigenvalue weighted by atomic mass is 9.86. The first-order valence-electron chi connectivity index (χ1n) is 9.45. The van der Waals surface area contributed by atoms with Gasteiger partial charge in [-0.3, -0.25) is 19.2 Å². The summed E-state index contributed by atoms with van der Waals surface area (Å²) in [6.45, 7) is 1.76. The third-order valence-corrected chi connectivity index (χ3v) is 6.02. The number of primary amides is 1. The zero-order chi connectivity index (χ0) is 21.8. The maximum Gasteiger partial charge on any atom is 0.271 e. The van der Waals surface area contributed by atoms with Crippen LogP contribution in [0.1, 0.15) is 52.2 Å². The molecule has 0 saturated carbocycles. The number of amides is 2. The van der Waals surface area contributed by atoms with Crippen molar-refractivity contribution >= 4 is 17.6 Å². The largest absolute Gasteiger partial charge is 0.365 e. The van der Waals surface area contributed by atoms with Gasteiger partial charge in [0.25, 0.3) is 11.8 Å². The molecule has 1 fully saturated rings. The highest BCUT2D eigenvalue weighted by atomic mass is 19.1. The molecular weight excluding hydrogens is 396 g/mol. The Kier molecular flexibility index (Phi) is 4.56. The van der Waals surface area contributed by atoms with E-state index in [4.69, 9.17) is 5.73 Å². The van der Waals surface area contributed by atoms with Gasteiger partial charge in [0, 0.05) is 36.8 Å². The Bertz CT molecular complexity index is 1160. The van der Waals surface area contributed by atoms with Gasteiger partial charge in [-0.15, -0.1) is 0 Å². The van der Waals surface area contributed by atoms with E-state index < -0.39 is 40.5 Å². The van der Waals surface area contributed by atoms with Gasteiger partial charge in [0.1, 0.15) is 28.9 Å². The number of carbonyl (C=O) groups is 3. The van der Waals surface area contributed by atoms with Crippen molar-refractivity contribution < 1.29 is 23.2 Å². The lowest BCUT2D eigenvalue weighted by Gasteiger charge is -2.44. The van der Waals surface area contributed by atoms with Crippen molar-refractivity contribution in [3.8, 4) is 0 Å². The van der Waals surface area contributed by atoms with Crippen LogP contribution in [-0.4, -0.2) is 39.1 Å². The molecule has 0 spiro atoms. The van der Waals surface area contributed by atoms with Crippen LogP contribution in [0, 0.1) is 11.6 Å². The van der Waals surface area contributed by atoms with Crippen LogP contribution in [0.4, 0.5) is 8.78 Å². The summed E-state index contributed by atoms with van der Waals surface area (Å²) >= 11 is 0. The number of pyridine rings is 1. The van der Waals surface area contributed by atoms with E-state index in [9.17, 15) is 28.0 Å². The van der Waals surface area contributed by atoms with Crippen LogP contribution < -0.4 is 11.2 Å². The van der Waals surface area contributed by atoms with Crippen molar-refractivity contribution in [2.75, 3.05) is 6.54 Å². The van der Waals surface area contributed by atoms with E-state index in [0.717, 1.165) is 18.2 Å². The van der Waals surface area contributed by atoms with Gasteiger partial charge < -0.3 is 15.2 Å². The SMILES string of the molecule is CC1(Cc2ccc(F)cc2F)CCC(=O)C2CN1C(=O)c1cc(=O)c(C(N)=O)cn12. The maximum atomic E-state index is 14.3. The molecule has 0 radical (unpaired) electrons. The average molecular weight is 415 g/mol. The molecule has 2 aliphatic heterocycles. The molecule has 7 nitrogen and oxygen atoms in total. The number of fused-ring (bicyclic) bond motifs is 4. The Morgan fingerprint density at radius 2 is 1.97 bits per heavy atom. The van der Waals surface area contributed by atoms with Crippen LogP contribution in [0.3, 0.4) is 0 Å². The molecule has 2 unspecified atom stereocenters. The molecule has 9 heteroatoms. The molecule has 2 aromatic rings. The normalized spacial score (nSPS) is 23.2. The highest BCUT2D eigenvalue weighted by Crippen LogP contribution is 2.37. The van der Waals surface area contributed by atoms with Crippen LogP contribution >= 0.6 is 0 Å². The zero-order valence-electron chi connectivity index (χ0n) is 16.2. The molecule has 2 aliphatic rings. The summed E-state index contributed by atoms with van der Waals surface area (Å²) in [6.07, 6.45) is 1.63. The van der Waals surface area contributed by atoms with E-state index in [0.29, 0.717) is 0 Å². The Morgan fingerprint density at radius 1 is 1.23 bits per heavy atom. The quantitative estimate of drug-likeness (QED) is 0.822. The minimum absolute atomic E-state index is 0.0189. The lowest BCUT2D eigenvalue weighted by molar-refractivity contribution is -0.122. The summed E-state index contributed by atoms with van der Waals surface area (Å²) < 4.78 is 28.9. The predicted octanol–water partition coefficient (Wildman–Crippen LogP) is 1.59. The highest BCUT2D eigenvalue weighted by Gasteiger charge is 2.46. The first-order chi connectivity index (χ1) is 14.1. The predicted molar refractivity (Wildman–Crippen MR) is 102 cm³/mol. The smallest absolute Gasteiger partial charge is 0.271 e. The number of hydrogen-bond acceptors (Lipinski definition) is 4. The fourth-order valence-electron chi connectivity index (χ4n) is 4.32. The number of carbonyl (C=O) groups excluding carboxylic acids is 3. The van der Waals surface area contributed by atoms with Gasteiger partial charge in [-0.2, -0.15) is 0 Å². The van der Waals surface area contributed by atoms with Crippen molar-refractivity contribution in [3.05, 3.63) is 69.1 Å². The minimum Gasteiger partial charge on any atom is -0.365 e. The zero-order valence-corrected chi connectivity index (χ0v) is 16.2. The Hall–Kier alpha value is -3.36. The first-order valence-corrected chi connectivity index (χ1v) is 9.45. The Labute approximate surface area is 170 Å². The summed E-state index contributed by atoms with van der Waals surface area (Å²) in [7, 11) is 0. The van der Waals surface area contributed by atoms with Gasteiger partial charge in [-0.05, 0) is 31.4 Å². The van der Waals surface area contributed by atoms with E-state index >= 15 is 0 Å². The third-order valence-electron chi connectivity index (χ3n) is 6.02. The van der Waals surface area contributed by atoms with Gasteiger partial charge in [-0.1, -0.05) is 6.07 Å². The fraction of sp³-hybridized carbons (Fsp3) is 0.333. The van der Waals surface area contributed by atoms with Crippen LogP contribution in [-0.2, 0) is 11.2 Å². The minimum atomic E-state index is -0.942. The second-order valence-electron chi connectivity index (χ2n) is 8.02. The van der Waals surface area contributed by atoms with E-state index in [1.165, 1.54) is 21.7 Å². The summed E-state index contributed by atoms with van der Waals surface area (Å²) in [5, 5.41) is 0. The molecule has 1 saturated heterocycles. The van der Waals surface area contributed by atoms with E-state index in [1.54, 1.807) is 6.92 Å². The van der Waals surface area contributed by atoms with Crippen LogP contribution in [0.2, 0.25) is 0 Å². The van der Waals surface area contributed by atoms with Gasteiger partial charge in [-0.25, -0.2) is 8.78 Å². The molecule has 2 bridgehead atoms. The Morgan fingerprint density at radius 3 is 2.63 bits per heavy atom. The highest BCUT2D eigenvalue weighted by molar-refractivity contribution is 5.99. The number of Topliss-reactive ketones (excluding diaryl/α,β-unsaturated/α-hetero) is 1. The lowest BCUT2D eigenvalue weighted by Crippen LogP contribution is -2.55. The molecule has 2 amide bonds. The maximum absolute atomic E-state index is 14.3. The summed E-state index contributed by atoms with van der Waals surface area (Å²) in [6, 6.07) is 3.48. The monoisotopic (exact) mass is 415 g/mol. The molecule has 30 heavy (non-hydrogen) atoms. The number of nitrogens with two attached hydrogens (primary N) is 1. The number of rotatable bonds is 3. The molecule has 2 N–H and O–H groups in total. The summed E-state index contributed by atoms with van der Waals surface area (Å²) in [5.74, 6) is -3.04. The van der Waals surface area contributed by atoms with E-state index in [1.807, 2.05) is 0 Å². The molecule has 156 valence electrons. The molecule has 4 rings (SSSR count). The average Bonchev–Trinajstić information content (AvgIpc) is 2.79. The van der Waals surface area contributed by atoms with Gasteiger partial charge in [0.15, 0.2) is 11.2 Å². The van der Waals surface area contributed by atoms with Crippen molar-refractivity contribution in [2.45, 2.75) is 37.8 Å². The molecule has 2 atom stereocenters. The Balaban J connectivity index is 1.81. The number of benzene rings is 1. The van der Waals surface area contributed by atoms with Gasteiger partial charge in [0.2, 0.25) is 0 Å². The second kappa shape index (κ2) is 6.86. The molecular formula is C21H19F2N3O4. The molecule has 0 aliphatic carbocycles. The van der Waals surface area contributed by atoms with Crippen LogP contribution in [0.15, 0.2) is 35.3 Å². The summed E-state index contributed by atoms with van der Waals surface area (Å²) in [5.41, 5.74) is 3.50. The van der Waals surface area contributed by atoms with Crippen LogP contribution in [0.25, 0.3) is 0 Å². The van der Waals surface area contributed by atoms with Crippen molar-refractivity contribution in [2.24, 2.45) is 5.73 Å². The first kappa shape index (κ1) is 19.9. The van der Waals surface area contributed by atoms with E-state index in [2.05, 4.69) is 0 Å². The topological polar surface area (TPSA) is 102 Å². The van der Waals surface area contributed by atoms with Crippen LogP contribution in [0.5, 0.6) is 0 Å². The van der Waals surface area contributed by atoms with Crippen molar-refractivity contribution in [3.63, 3.8) is 0 Å². The number of halogens is 2. The number of ketones is 1.